The smallest absolute Gasteiger partial charge is 0.309 e. The van der Waals surface area contributed by atoms with Crippen LogP contribution < -0.4 is 10.0 Å². The maximum Gasteiger partial charge on any atom is 0.309 e. The van der Waals surface area contributed by atoms with E-state index in [9.17, 15) is 13.2 Å². The number of ether oxygens (including phenoxy) is 1. The molecular formula is C15H30N4O4S. The van der Waals surface area contributed by atoms with E-state index in [0.717, 1.165) is 19.1 Å². The lowest BCUT2D eigenvalue weighted by molar-refractivity contribution is -0.149. The zero-order chi connectivity index (χ0) is 18.4. The second-order valence-electron chi connectivity index (χ2n) is 6.67. The average Bonchev–Trinajstić information content (AvgIpc) is 2.46. The summed E-state index contributed by atoms with van der Waals surface area (Å²) in [6.07, 6.45) is 2.60. The second kappa shape index (κ2) is 8.66. The van der Waals surface area contributed by atoms with Crippen molar-refractivity contribution in [2.45, 2.75) is 39.2 Å². The highest BCUT2D eigenvalue weighted by Crippen LogP contribution is 2.18. The molecule has 140 valence electrons. The molecule has 0 aromatic heterocycles. The Morgan fingerprint density at radius 3 is 2.38 bits per heavy atom. The molecule has 0 amide bonds. The van der Waals surface area contributed by atoms with Gasteiger partial charge in [0.1, 0.15) is 0 Å². The van der Waals surface area contributed by atoms with Gasteiger partial charge in [0.2, 0.25) is 10.0 Å². The van der Waals surface area contributed by atoms with E-state index in [1.54, 1.807) is 20.9 Å². The zero-order valence-electron chi connectivity index (χ0n) is 15.3. The molecule has 0 aromatic carbocycles. The maximum absolute atomic E-state index is 11.8. The van der Waals surface area contributed by atoms with Gasteiger partial charge in [-0.15, -0.1) is 0 Å². The Bertz CT molecular complexity index is 552. The fourth-order valence-corrected chi connectivity index (χ4v) is 3.83. The van der Waals surface area contributed by atoms with Crippen molar-refractivity contribution >= 4 is 22.0 Å². The van der Waals surface area contributed by atoms with Gasteiger partial charge in [0, 0.05) is 32.2 Å². The summed E-state index contributed by atoms with van der Waals surface area (Å²) in [6.45, 7) is 7.66. The molecule has 0 aliphatic carbocycles. The number of sulfonamides is 1. The van der Waals surface area contributed by atoms with Crippen molar-refractivity contribution in [2.24, 2.45) is 10.9 Å². The summed E-state index contributed by atoms with van der Waals surface area (Å²) in [5, 5.41) is 3.20. The summed E-state index contributed by atoms with van der Waals surface area (Å²) >= 11 is 0. The molecule has 0 unspecified atom stereocenters. The number of carbonyl (C=O) groups is 1. The molecule has 9 heteroatoms. The van der Waals surface area contributed by atoms with Crippen LogP contribution >= 0.6 is 0 Å². The normalized spacial score (nSPS) is 17.7. The summed E-state index contributed by atoms with van der Waals surface area (Å²) in [5.74, 6) is 0.530. The first-order chi connectivity index (χ1) is 11.1. The molecule has 0 spiro atoms. The summed E-state index contributed by atoms with van der Waals surface area (Å²) in [7, 11) is -1.59. The molecule has 0 radical (unpaired) electrons. The van der Waals surface area contributed by atoms with Crippen LogP contribution in [0.15, 0.2) is 4.99 Å². The molecule has 1 heterocycles. The van der Waals surface area contributed by atoms with E-state index < -0.39 is 15.6 Å². The first kappa shape index (κ1) is 20.7. The van der Waals surface area contributed by atoms with Crippen molar-refractivity contribution in [1.82, 2.24) is 14.9 Å². The highest BCUT2D eigenvalue weighted by molar-refractivity contribution is 7.88. The van der Waals surface area contributed by atoms with E-state index in [1.165, 1.54) is 0 Å². The lowest BCUT2D eigenvalue weighted by atomic mass is 9.97. The van der Waals surface area contributed by atoms with Gasteiger partial charge in [-0.25, -0.2) is 13.1 Å². The molecule has 0 bridgehead atoms. The van der Waals surface area contributed by atoms with Crippen LogP contribution in [0.3, 0.4) is 0 Å². The van der Waals surface area contributed by atoms with Gasteiger partial charge < -0.3 is 15.0 Å². The zero-order valence-corrected chi connectivity index (χ0v) is 16.1. The van der Waals surface area contributed by atoms with Crippen LogP contribution in [-0.4, -0.2) is 70.3 Å². The van der Waals surface area contributed by atoms with Crippen molar-refractivity contribution in [3.8, 4) is 0 Å². The predicted octanol–water partition coefficient (Wildman–Crippen LogP) is 0.165. The third kappa shape index (κ3) is 7.04. The summed E-state index contributed by atoms with van der Waals surface area (Å²) < 4.78 is 30.4. The molecule has 1 aliphatic heterocycles. The lowest BCUT2D eigenvalue weighted by Gasteiger charge is -2.35. The van der Waals surface area contributed by atoms with E-state index in [-0.39, 0.29) is 11.9 Å². The Labute approximate surface area is 145 Å². The topological polar surface area (TPSA) is 100 Å². The van der Waals surface area contributed by atoms with Gasteiger partial charge in [0.15, 0.2) is 5.96 Å². The van der Waals surface area contributed by atoms with E-state index in [1.807, 2.05) is 6.92 Å². The van der Waals surface area contributed by atoms with Crippen molar-refractivity contribution in [3.05, 3.63) is 0 Å². The minimum atomic E-state index is -3.28. The van der Waals surface area contributed by atoms with Gasteiger partial charge in [0.05, 0.1) is 18.8 Å². The second-order valence-corrected chi connectivity index (χ2v) is 8.42. The van der Waals surface area contributed by atoms with Crippen molar-refractivity contribution in [1.29, 1.82) is 0 Å². The average molecular weight is 362 g/mol. The van der Waals surface area contributed by atoms with Crippen LogP contribution in [0.4, 0.5) is 0 Å². The summed E-state index contributed by atoms with van der Waals surface area (Å²) in [4.78, 5) is 18.1. The number of esters is 1. The van der Waals surface area contributed by atoms with Gasteiger partial charge in [0.25, 0.3) is 0 Å². The largest absolute Gasteiger partial charge is 0.466 e. The third-order valence-electron chi connectivity index (χ3n) is 3.78. The van der Waals surface area contributed by atoms with E-state index in [4.69, 9.17) is 4.74 Å². The van der Waals surface area contributed by atoms with Crippen LogP contribution in [0, 0.1) is 5.92 Å². The lowest BCUT2D eigenvalue weighted by Crippen LogP contribution is -2.54. The number of carbonyl (C=O) groups excluding carboxylic acids is 1. The molecule has 24 heavy (non-hydrogen) atoms. The van der Waals surface area contributed by atoms with Crippen LogP contribution in [0.2, 0.25) is 0 Å². The molecule has 8 nitrogen and oxygen atoms in total. The number of guanidine groups is 1. The highest BCUT2D eigenvalue weighted by Gasteiger charge is 2.28. The standard InChI is InChI=1S/C15H30N4O4S/c1-6-23-13(20)12-7-9-19(10-8-12)14(16-4)17-11-15(2,3)18-24(5,21)22/h12,18H,6-11H2,1-5H3,(H,16,17). The molecule has 1 saturated heterocycles. The van der Waals surface area contributed by atoms with Crippen molar-refractivity contribution in [3.63, 3.8) is 0 Å². The Hall–Kier alpha value is -1.35. The fraction of sp³-hybridized carbons (Fsp3) is 0.867. The first-order valence-electron chi connectivity index (χ1n) is 8.19. The molecular weight excluding hydrogens is 332 g/mol. The first-order valence-corrected chi connectivity index (χ1v) is 10.1. The Balaban J connectivity index is 2.53. The summed E-state index contributed by atoms with van der Waals surface area (Å²) in [6, 6.07) is 0. The minimum Gasteiger partial charge on any atom is -0.466 e. The molecule has 1 aliphatic rings. The number of nitrogens with one attached hydrogen (secondary N) is 2. The van der Waals surface area contributed by atoms with Crippen LogP contribution in [0.1, 0.15) is 33.6 Å². The van der Waals surface area contributed by atoms with Gasteiger partial charge in [-0.2, -0.15) is 0 Å². The van der Waals surface area contributed by atoms with Gasteiger partial charge >= 0.3 is 5.97 Å². The Morgan fingerprint density at radius 2 is 1.92 bits per heavy atom. The van der Waals surface area contributed by atoms with Crippen LogP contribution in [0.5, 0.6) is 0 Å². The van der Waals surface area contributed by atoms with E-state index >= 15 is 0 Å². The fourth-order valence-electron chi connectivity index (χ4n) is 2.76. The van der Waals surface area contributed by atoms with Crippen LogP contribution in [0.25, 0.3) is 0 Å². The number of piperidine rings is 1. The predicted molar refractivity (Wildman–Crippen MR) is 94.4 cm³/mol. The molecule has 1 rings (SSSR count). The van der Waals surface area contributed by atoms with Crippen molar-refractivity contribution in [2.75, 3.05) is 39.5 Å². The SMILES string of the molecule is CCOC(=O)C1CCN(C(=NC)NCC(C)(C)NS(C)(=O)=O)CC1. The molecule has 0 saturated carbocycles. The number of nitrogens with zero attached hydrogens (tertiary/aromatic N) is 2. The van der Waals surface area contributed by atoms with Crippen LogP contribution in [-0.2, 0) is 19.6 Å². The maximum atomic E-state index is 11.8. The summed E-state index contributed by atoms with van der Waals surface area (Å²) in [5.41, 5.74) is -0.632. The van der Waals surface area contributed by atoms with E-state index in [0.29, 0.717) is 32.2 Å². The quantitative estimate of drug-likeness (QED) is 0.397. The molecule has 1 fully saturated rings. The number of hydrogen-bond donors (Lipinski definition) is 2. The minimum absolute atomic E-state index is 0.0531. The number of aliphatic imine (C=N–C) groups is 1. The van der Waals surface area contributed by atoms with Crippen molar-refractivity contribution < 1.29 is 17.9 Å². The molecule has 0 aromatic rings. The molecule has 2 N–H and O–H groups in total. The Morgan fingerprint density at radius 1 is 1.33 bits per heavy atom. The van der Waals surface area contributed by atoms with Gasteiger partial charge in [-0.1, -0.05) is 0 Å². The van der Waals surface area contributed by atoms with Gasteiger partial charge in [-0.05, 0) is 33.6 Å². The molecule has 0 atom stereocenters. The monoisotopic (exact) mass is 362 g/mol. The number of hydrogen-bond acceptors (Lipinski definition) is 5. The Kier molecular flexibility index (Phi) is 7.47. The third-order valence-corrected chi connectivity index (χ3v) is 4.70. The number of rotatable bonds is 6. The van der Waals surface area contributed by atoms with Gasteiger partial charge in [-0.3, -0.25) is 9.79 Å². The number of likely N-dealkylation sites (tertiary alicyclic amines) is 1. The van der Waals surface area contributed by atoms with E-state index in [2.05, 4.69) is 19.9 Å². The highest BCUT2D eigenvalue weighted by atomic mass is 32.2.